The lowest BCUT2D eigenvalue weighted by atomic mass is 10.1. The maximum atomic E-state index is 12.0. The van der Waals surface area contributed by atoms with Crippen molar-refractivity contribution >= 4 is 20.0 Å². The second-order valence-electron chi connectivity index (χ2n) is 5.59. The first-order chi connectivity index (χ1) is 10.3. The van der Waals surface area contributed by atoms with Crippen LogP contribution in [0.4, 0.5) is 0 Å². The van der Waals surface area contributed by atoms with E-state index in [0.717, 1.165) is 0 Å². The molecule has 0 spiro atoms. The number of carbonyl (C=O) groups excluding carboxylic acids is 1. The lowest BCUT2D eigenvalue weighted by Crippen LogP contribution is -2.35. The number of nitrogens with zero attached hydrogens (tertiary/aromatic N) is 2. The first-order valence-electron chi connectivity index (χ1n) is 7.03. The minimum Gasteiger partial charge on any atom is -0.497 e. The molecule has 0 bridgehead atoms. The van der Waals surface area contributed by atoms with Crippen LogP contribution in [0.1, 0.15) is 18.6 Å². The van der Waals surface area contributed by atoms with Crippen molar-refractivity contribution in [3.8, 4) is 5.75 Å². The number of rotatable bonds is 7. The number of benzene rings is 1. The van der Waals surface area contributed by atoms with Gasteiger partial charge in [0.2, 0.25) is 0 Å². The van der Waals surface area contributed by atoms with Crippen LogP contribution < -0.4 is 4.74 Å². The molecule has 120 valence electrons. The van der Waals surface area contributed by atoms with E-state index in [1.165, 1.54) is 0 Å². The third-order valence-corrected chi connectivity index (χ3v) is 3.67. The van der Waals surface area contributed by atoms with Crippen LogP contribution in [0.2, 0.25) is 19.6 Å². The van der Waals surface area contributed by atoms with Crippen molar-refractivity contribution in [2.75, 3.05) is 13.7 Å². The molecular weight excluding hydrogens is 300 g/mol. The molecule has 1 aromatic carbocycles. The fraction of sp³-hybridized carbons (Fsp3) is 0.467. The van der Waals surface area contributed by atoms with Gasteiger partial charge < -0.3 is 19.4 Å². The SMILES string of the molecule is CCOC(=O)C(=[N+]=[N-])C(O[Si](C)(C)C)c1ccc(OC)cc1. The third-order valence-electron chi connectivity index (χ3n) is 2.73. The van der Waals surface area contributed by atoms with Gasteiger partial charge in [-0.25, -0.2) is 4.79 Å². The number of ether oxygens (including phenoxy) is 2. The average Bonchev–Trinajstić information content (AvgIpc) is 2.46. The Morgan fingerprint density at radius 2 is 1.86 bits per heavy atom. The molecule has 7 heteroatoms. The van der Waals surface area contributed by atoms with Crippen molar-refractivity contribution in [2.45, 2.75) is 32.7 Å². The van der Waals surface area contributed by atoms with Gasteiger partial charge in [0.1, 0.15) is 5.75 Å². The summed E-state index contributed by atoms with van der Waals surface area (Å²) in [5, 5.41) is 0. The minimum absolute atomic E-state index is 0.158. The standard InChI is InChI=1S/C15H22N2O4Si/c1-6-20-15(18)13(17-16)14(21-22(3,4)5)11-7-9-12(19-2)10-8-11/h7-10,14H,6H2,1-5H3. The van der Waals surface area contributed by atoms with Crippen molar-refractivity contribution in [2.24, 2.45) is 0 Å². The Bertz CT molecular complexity index is 560. The molecule has 1 aromatic rings. The van der Waals surface area contributed by atoms with Crippen LogP contribution in [-0.2, 0) is 14.0 Å². The summed E-state index contributed by atoms with van der Waals surface area (Å²) in [5.74, 6) is -0.00167. The summed E-state index contributed by atoms with van der Waals surface area (Å²) in [6.45, 7) is 7.85. The van der Waals surface area contributed by atoms with Gasteiger partial charge in [0.15, 0.2) is 14.4 Å². The van der Waals surface area contributed by atoms with E-state index < -0.39 is 20.4 Å². The second kappa shape index (κ2) is 7.89. The van der Waals surface area contributed by atoms with Crippen molar-refractivity contribution in [3.05, 3.63) is 35.4 Å². The summed E-state index contributed by atoms with van der Waals surface area (Å²) in [6.07, 6.45) is -0.776. The predicted octanol–water partition coefficient (Wildman–Crippen LogP) is 2.82. The van der Waals surface area contributed by atoms with E-state index in [4.69, 9.17) is 13.9 Å². The molecule has 1 unspecified atom stereocenters. The van der Waals surface area contributed by atoms with Gasteiger partial charge >= 0.3 is 11.7 Å². The Labute approximate surface area is 131 Å². The maximum Gasteiger partial charge on any atom is 0.420 e. The molecule has 1 rings (SSSR count). The van der Waals surface area contributed by atoms with Crippen LogP contribution in [0.3, 0.4) is 0 Å². The van der Waals surface area contributed by atoms with Crippen molar-refractivity contribution in [3.63, 3.8) is 0 Å². The molecular formula is C15H22N2O4Si. The van der Waals surface area contributed by atoms with Gasteiger partial charge in [0.05, 0.1) is 13.7 Å². The molecule has 0 saturated carbocycles. The van der Waals surface area contributed by atoms with Gasteiger partial charge in [-0.1, -0.05) is 12.1 Å². The van der Waals surface area contributed by atoms with Crippen molar-refractivity contribution in [1.82, 2.24) is 0 Å². The quantitative estimate of drug-likeness (QED) is 0.254. The van der Waals surface area contributed by atoms with E-state index in [1.54, 1.807) is 38.3 Å². The summed E-state index contributed by atoms with van der Waals surface area (Å²) in [6, 6.07) is 7.06. The molecule has 0 saturated heterocycles. The van der Waals surface area contributed by atoms with Crippen LogP contribution in [0.5, 0.6) is 5.75 Å². The third kappa shape index (κ3) is 5.11. The fourth-order valence-corrected chi connectivity index (χ4v) is 2.77. The first kappa shape index (κ1) is 18.1. The topological polar surface area (TPSA) is 81.2 Å². The molecule has 0 aromatic heterocycles. The van der Waals surface area contributed by atoms with Crippen LogP contribution in [0, 0.1) is 0 Å². The number of esters is 1. The van der Waals surface area contributed by atoms with Gasteiger partial charge in [0.25, 0.3) is 0 Å². The van der Waals surface area contributed by atoms with E-state index in [2.05, 4.69) is 4.79 Å². The molecule has 0 aliphatic heterocycles. The zero-order chi connectivity index (χ0) is 16.8. The van der Waals surface area contributed by atoms with Crippen LogP contribution in [0.25, 0.3) is 5.53 Å². The normalized spacial score (nSPS) is 12.2. The van der Waals surface area contributed by atoms with Crippen LogP contribution in [-0.4, -0.2) is 38.5 Å². The lowest BCUT2D eigenvalue weighted by molar-refractivity contribution is -0.141. The lowest BCUT2D eigenvalue weighted by Gasteiger charge is -2.23. The number of hydrogen-bond donors (Lipinski definition) is 0. The smallest absolute Gasteiger partial charge is 0.420 e. The van der Waals surface area contributed by atoms with E-state index in [-0.39, 0.29) is 12.3 Å². The summed E-state index contributed by atoms with van der Waals surface area (Å²) in [5.41, 5.74) is 9.79. The molecule has 0 heterocycles. The first-order valence-corrected chi connectivity index (χ1v) is 10.4. The summed E-state index contributed by atoms with van der Waals surface area (Å²) >= 11 is 0. The van der Waals surface area contributed by atoms with Gasteiger partial charge in [-0.3, -0.25) is 0 Å². The highest BCUT2D eigenvalue weighted by Gasteiger charge is 2.38. The highest BCUT2D eigenvalue weighted by molar-refractivity contribution is 6.70. The van der Waals surface area contributed by atoms with E-state index in [1.807, 2.05) is 19.6 Å². The highest BCUT2D eigenvalue weighted by Crippen LogP contribution is 2.25. The molecule has 0 N–H and O–H groups in total. The molecule has 0 aliphatic rings. The molecule has 0 aliphatic carbocycles. The van der Waals surface area contributed by atoms with Gasteiger partial charge in [-0.2, -0.15) is 4.79 Å². The number of hydrogen-bond acceptors (Lipinski definition) is 4. The summed E-state index contributed by atoms with van der Waals surface area (Å²) in [7, 11) is -0.430. The Hall–Kier alpha value is -1.95. The van der Waals surface area contributed by atoms with Crippen molar-refractivity contribution < 1.29 is 23.5 Å². The van der Waals surface area contributed by atoms with E-state index >= 15 is 0 Å². The Morgan fingerprint density at radius 1 is 1.27 bits per heavy atom. The van der Waals surface area contributed by atoms with Crippen LogP contribution in [0.15, 0.2) is 24.3 Å². The molecule has 0 fully saturated rings. The maximum absolute atomic E-state index is 12.0. The largest absolute Gasteiger partial charge is 0.497 e. The zero-order valence-corrected chi connectivity index (χ0v) is 14.6. The van der Waals surface area contributed by atoms with E-state index in [9.17, 15) is 10.3 Å². The number of methoxy groups -OCH3 is 1. The van der Waals surface area contributed by atoms with Crippen molar-refractivity contribution in [1.29, 1.82) is 0 Å². The van der Waals surface area contributed by atoms with Gasteiger partial charge in [-0.15, -0.1) is 0 Å². The molecule has 22 heavy (non-hydrogen) atoms. The Morgan fingerprint density at radius 3 is 2.27 bits per heavy atom. The monoisotopic (exact) mass is 322 g/mol. The highest BCUT2D eigenvalue weighted by atomic mass is 28.4. The molecule has 1 atom stereocenters. The minimum atomic E-state index is -2.00. The van der Waals surface area contributed by atoms with Gasteiger partial charge in [0, 0.05) is 0 Å². The van der Waals surface area contributed by atoms with Gasteiger partial charge in [-0.05, 0) is 44.3 Å². The van der Waals surface area contributed by atoms with Crippen LogP contribution >= 0.6 is 0 Å². The van der Waals surface area contributed by atoms with E-state index in [0.29, 0.717) is 11.3 Å². The summed E-state index contributed by atoms with van der Waals surface area (Å²) < 4.78 is 16.1. The summed E-state index contributed by atoms with van der Waals surface area (Å²) in [4.78, 5) is 15.1. The second-order valence-corrected chi connectivity index (χ2v) is 10.0. The fourth-order valence-electron chi connectivity index (χ4n) is 1.82. The zero-order valence-electron chi connectivity index (χ0n) is 13.6. The number of carbonyl (C=O) groups is 1. The molecule has 6 nitrogen and oxygen atoms in total. The average molecular weight is 322 g/mol. The Balaban J connectivity index is 3.21. The predicted molar refractivity (Wildman–Crippen MR) is 85.4 cm³/mol. The molecule has 0 radical (unpaired) electrons. The molecule has 0 amide bonds. The Kier molecular flexibility index (Phi) is 6.49.